The van der Waals surface area contributed by atoms with E-state index in [9.17, 15) is 4.79 Å². The molecule has 0 aliphatic heterocycles. The van der Waals surface area contributed by atoms with Crippen LogP contribution in [0.3, 0.4) is 0 Å². The molecule has 1 rings (SSSR count). The number of thiol groups is 1. The van der Waals surface area contributed by atoms with Crippen LogP contribution in [0, 0.1) is 11.3 Å². The molecule has 0 aromatic heterocycles. The predicted octanol–water partition coefficient (Wildman–Crippen LogP) is 2.11. The number of hydrogen-bond donors (Lipinski definition) is 2. The Morgan fingerprint density at radius 1 is 1.64 bits per heavy atom. The first-order chi connectivity index (χ1) is 6.60. The summed E-state index contributed by atoms with van der Waals surface area (Å²) in [7, 11) is 0. The SMILES string of the molecule is CCc1cc(S)c(C#N)cc1C(=O)O. The van der Waals surface area contributed by atoms with Gasteiger partial charge in [0.2, 0.25) is 0 Å². The molecule has 4 heteroatoms. The summed E-state index contributed by atoms with van der Waals surface area (Å²) in [5.74, 6) is -1.01. The van der Waals surface area contributed by atoms with Crippen molar-refractivity contribution < 1.29 is 9.90 Å². The molecule has 0 fully saturated rings. The van der Waals surface area contributed by atoms with Crippen LogP contribution >= 0.6 is 12.6 Å². The number of aryl methyl sites for hydroxylation is 1. The first-order valence-electron chi connectivity index (χ1n) is 4.09. The molecule has 0 aliphatic carbocycles. The maximum absolute atomic E-state index is 10.8. The summed E-state index contributed by atoms with van der Waals surface area (Å²) in [4.78, 5) is 11.3. The number of nitriles is 1. The van der Waals surface area contributed by atoms with Crippen LogP contribution in [0.1, 0.15) is 28.4 Å². The van der Waals surface area contributed by atoms with Gasteiger partial charge in [-0.05, 0) is 24.1 Å². The minimum atomic E-state index is -1.01. The summed E-state index contributed by atoms with van der Waals surface area (Å²) in [6, 6.07) is 4.90. The molecule has 0 heterocycles. The second kappa shape index (κ2) is 4.16. The highest BCUT2D eigenvalue weighted by molar-refractivity contribution is 7.80. The zero-order chi connectivity index (χ0) is 10.7. The lowest BCUT2D eigenvalue weighted by Gasteiger charge is -2.05. The van der Waals surface area contributed by atoms with Gasteiger partial charge in [0.05, 0.1) is 11.1 Å². The summed E-state index contributed by atoms with van der Waals surface area (Å²) in [5.41, 5.74) is 1.17. The van der Waals surface area contributed by atoms with E-state index in [1.807, 2.05) is 13.0 Å². The lowest BCUT2D eigenvalue weighted by molar-refractivity contribution is 0.0695. The fraction of sp³-hybridized carbons (Fsp3) is 0.200. The van der Waals surface area contributed by atoms with Crippen LogP contribution < -0.4 is 0 Å². The molecule has 0 amide bonds. The van der Waals surface area contributed by atoms with Crippen LogP contribution in [-0.4, -0.2) is 11.1 Å². The number of nitrogens with zero attached hydrogens (tertiary/aromatic N) is 1. The third-order valence-corrected chi connectivity index (χ3v) is 2.32. The van der Waals surface area contributed by atoms with Crippen molar-refractivity contribution in [2.45, 2.75) is 18.2 Å². The lowest BCUT2D eigenvalue weighted by Crippen LogP contribution is -2.03. The molecule has 3 nitrogen and oxygen atoms in total. The smallest absolute Gasteiger partial charge is 0.336 e. The molecule has 0 atom stereocenters. The van der Waals surface area contributed by atoms with Crippen molar-refractivity contribution >= 4 is 18.6 Å². The second-order valence-corrected chi connectivity index (χ2v) is 3.28. The largest absolute Gasteiger partial charge is 0.478 e. The Morgan fingerprint density at radius 3 is 2.71 bits per heavy atom. The van der Waals surface area contributed by atoms with Crippen molar-refractivity contribution in [2.24, 2.45) is 0 Å². The van der Waals surface area contributed by atoms with Gasteiger partial charge in [0, 0.05) is 4.90 Å². The molecular formula is C10H9NO2S. The third kappa shape index (κ3) is 1.88. The minimum Gasteiger partial charge on any atom is -0.478 e. The van der Waals surface area contributed by atoms with Crippen molar-refractivity contribution in [1.82, 2.24) is 0 Å². The zero-order valence-corrected chi connectivity index (χ0v) is 8.51. The van der Waals surface area contributed by atoms with Gasteiger partial charge in [0.15, 0.2) is 0 Å². The van der Waals surface area contributed by atoms with E-state index in [4.69, 9.17) is 10.4 Å². The zero-order valence-electron chi connectivity index (χ0n) is 7.61. The molecular weight excluding hydrogens is 198 g/mol. The van der Waals surface area contributed by atoms with Gasteiger partial charge in [0.1, 0.15) is 6.07 Å². The highest BCUT2D eigenvalue weighted by Gasteiger charge is 2.11. The standard InChI is InChI=1S/C10H9NO2S/c1-2-6-4-9(14)7(5-11)3-8(6)10(12)13/h3-4,14H,2H2,1H3,(H,12,13). The Morgan fingerprint density at radius 2 is 2.29 bits per heavy atom. The first kappa shape index (κ1) is 10.6. The molecule has 14 heavy (non-hydrogen) atoms. The van der Waals surface area contributed by atoms with Crippen molar-refractivity contribution in [3.8, 4) is 6.07 Å². The second-order valence-electron chi connectivity index (χ2n) is 2.80. The quantitative estimate of drug-likeness (QED) is 0.730. The van der Waals surface area contributed by atoms with Crippen molar-refractivity contribution in [2.75, 3.05) is 0 Å². The van der Waals surface area contributed by atoms with Gasteiger partial charge in [-0.2, -0.15) is 5.26 Å². The van der Waals surface area contributed by atoms with Gasteiger partial charge >= 0.3 is 5.97 Å². The normalized spacial score (nSPS) is 9.50. The lowest BCUT2D eigenvalue weighted by atomic mass is 10.0. The highest BCUT2D eigenvalue weighted by Crippen LogP contribution is 2.20. The number of rotatable bonds is 2. The summed E-state index contributed by atoms with van der Waals surface area (Å²) >= 11 is 4.10. The van der Waals surface area contributed by atoms with Gasteiger partial charge in [-0.25, -0.2) is 4.79 Å². The van der Waals surface area contributed by atoms with E-state index in [0.717, 1.165) is 0 Å². The third-order valence-electron chi connectivity index (χ3n) is 1.95. The van der Waals surface area contributed by atoms with Crippen LogP contribution in [0.5, 0.6) is 0 Å². The van der Waals surface area contributed by atoms with E-state index in [0.29, 0.717) is 22.4 Å². The number of carbonyl (C=O) groups is 1. The van der Waals surface area contributed by atoms with E-state index in [1.165, 1.54) is 6.07 Å². The average molecular weight is 207 g/mol. The minimum absolute atomic E-state index is 0.182. The van der Waals surface area contributed by atoms with Crippen molar-refractivity contribution in [3.63, 3.8) is 0 Å². The molecule has 0 saturated carbocycles. The van der Waals surface area contributed by atoms with Crippen LogP contribution in [0.2, 0.25) is 0 Å². The van der Waals surface area contributed by atoms with Gasteiger partial charge in [-0.1, -0.05) is 6.92 Å². The van der Waals surface area contributed by atoms with E-state index >= 15 is 0 Å². The summed E-state index contributed by atoms with van der Waals surface area (Å²) < 4.78 is 0. The monoisotopic (exact) mass is 207 g/mol. The van der Waals surface area contributed by atoms with Gasteiger partial charge in [-0.15, -0.1) is 12.6 Å². The molecule has 72 valence electrons. The van der Waals surface area contributed by atoms with E-state index in [-0.39, 0.29) is 5.56 Å². The maximum atomic E-state index is 10.8. The van der Waals surface area contributed by atoms with Crippen molar-refractivity contribution in [3.05, 3.63) is 28.8 Å². The molecule has 0 aliphatic rings. The van der Waals surface area contributed by atoms with E-state index in [1.54, 1.807) is 6.07 Å². The Kier molecular flexibility index (Phi) is 3.15. The number of aromatic carboxylic acids is 1. The van der Waals surface area contributed by atoms with Crippen LogP contribution in [-0.2, 0) is 6.42 Å². The molecule has 1 aromatic carbocycles. The van der Waals surface area contributed by atoms with E-state index < -0.39 is 5.97 Å². The van der Waals surface area contributed by atoms with Crippen LogP contribution in [0.15, 0.2) is 17.0 Å². The van der Waals surface area contributed by atoms with E-state index in [2.05, 4.69) is 12.6 Å². The molecule has 0 radical (unpaired) electrons. The summed E-state index contributed by atoms with van der Waals surface area (Å²) in [6.07, 6.45) is 0.612. The Hall–Kier alpha value is -1.47. The number of carboxylic acid groups (broad SMARTS) is 1. The Balaban J connectivity index is 3.42. The number of carboxylic acids is 1. The molecule has 1 aromatic rings. The predicted molar refractivity (Wildman–Crippen MR) is 54.7 cm³/mol. The van der Waals surface area contributed by atoms with Crippen LogP contribution in [0.25, 0.3) is 0 Å². The number of benzene rings is 1. The number of hydrogen-bond acceptors (Lipinski definition) is 3. The fourth-order valence-corrected chi connectivity index (χ4v) is 1.48. The first-order valence-corrected chi connectivity index (χ1v) is 4.54. The van der Waals surface area contributed by atoms with Gasteiger partial charge in [0.25, 0.3) is 0 Å². The van der Waals surface area contributed by atoms with Gasteiger partial charge in [-0.3, -0.25) is 0 Å². The Bertz CT molecular complexity index is 421. The van der Waals surface area contributed by atoms with Crippen molar-refractivity contribution in [1.29, 1.82) is 5.26 Å². The fourth-order valence-electron chi connectivity index (χ4n) is 1.21. The average Bonchev–Trinajstić information content (AvgIpc) is 2.16. The molecule has 0 spiro atoms. The molecule has 1 N–H and O–H groups in total. The molecule has 0 bridgehead atoms. The van der Waals surface area contributed by atoms with Crippen LogP contribution in [0.4, 0.5) is 0 Å². The summed E-state index contributed by atoms with van der Waals surface area (Å²) in [5, 5.41) is 17.6. The summed E-state index contributed by atoms with van der Waals surface area (Å²) in [6.45, 7) is 1.86. The Labute approximate surface area is 87.4 Å². The van der Waals surface area contributed by atoms with Gasteiger partial charge < -0.3 is 5.11 Å². The molecule has 0 saturated heterocycles. The molecule has 0 unspecified atom stereocenters. The highest BCUT2D eigenvalue weighted by atomic mass is 32.1. The maximum Gasteiger partial charge on any atom is 0.336 e. The topological polar surface area (TPSA) is 61.1 Å².